The van der Waals surface area contributed by atoms with Crippen LogP contribution in [0, 0.1) is 5.92 Å². The number of hydrogen-bond acceptors (Lipinski definition) is 6. The van der Waals surface area contributed by atoms with E-state index in [0.717, 1.165) is 56.9 Å². The highest BCUT2D eigenvalue weighted by atomic mass is 32.2. The van der Waals surface area contributed by atoms with Gasteiger partial charge in [0.15, 0.2) is 6.61 Å². The van der Waals surface area contributed by atoms with Crippen molar-refractivity contribution >= 4 is 17.7 Å². The quantitative estimate of drug-likeness (QED) is 0.657. The molecule has 31 heavy (non-hydrogen) atoms. The lowest BCUT2D eigenvalue weighted by Gasteiger charge is -2.32. The molecule has 0 atom stereocenters. The zero-order valence-corrected chi connectivity index (χ0v) is 18.6. The number of rotatable bonds is 7. The Balaban J connectivity index is 1.22. The third kappa shape index (κ3) is 6.37. The zero-order valence-electron chi connectivity index (χ0n) is 17.8. The fourth-order valence-corrected chi connectivity index (χ4v) is 5.15. The van der Waals surface area contributed by atoms with Crippen molar-refractivity contribution in [1.29, 1.82) is 0 Å². The molecule has 0 spiro atoms. The monoisotopic (exact) mass is 442 g/mol. The number of amides is 1. The third-order valence-corrected chi connectivity index (χ3v) is 6.96. The van der Waals surface area contributed by atoms with Gasteiger partial charge in [-0.1, -0.05) is 30.3 Å². The first-order valence-corrected chi connectivity index (χ1v) is 12.2. The van der Waals surface area contributed by atoms with E-state index in [2.05, 4.69) is 29.2 Å². The summed E-state index contributed by atoms with van der Waals surface area (Å²) in [4.78, 5) is 29.0. The number of ether oxygens (including phenoxy) is 1. The molecule has 0 N–H and O–H groups in total. The first kappa shape index (κ1) is 22.0. The summed E-state index contributed by atoms with van der Waals surface area (Å²) in [6.45, 7) is 3.98. The molecule has 0 aliphatic carbocycles. The number of likely N-dealkylation sites (tertiary alicyclic amines) is 1. The van der Waals surface area contributed by atoms with E-state index in [4.69, 9.17) is 9.15 Å². The van der Waals surface area contributed by atoms with Gasteiger partial charge in [-0.05, 0) is 30.7 Å². The molecule has 7 heteroatoms. The van der Waals surface area contributed by atoms with Crippen molar-refractivity contribution < 1.29 is 13.9 Å². The summed E-state index contributed by atoms with van der Waals surface area (Å²) < 4.78 is 11.1. The minimum absolute atomic E-state index is 0.0764. The molecule has 0 radical (unpaired) electrons. The molecular formula is C24H30N2O4S. The maximum Gasteiger partial charge on any atom is 0.260 e. The van der Waals surface area contributed by atoms with Crippen LogP contribution in [0.2, 0.25) is 0 Å². The van der Waals surface area contributed by atoms with E-state index in [1.165, 1.54) is 17.9 Å². The molecule has 2 aromatic rings. The van der Waals surface area contributed by atoms with E-state index in [0.29, 0.717) is 18.2 Å². The van der Waals surface area contributed by atoms with E-state index < -0.39 is 0 Å². The van der Waals surface area contributed by atoms with Gasteiger partial charge in [-0.15, -0.1) is 0 Å². The van der Waals surface area contributed by atoms with E-state index in [9.17, 15) is 9.59 Å². The van der Waals surface area contributed by atoms with Crippen LogP contribution in [0.15, 0.2) is 51.9 Å². The summed E-state index contributed by atoms with van der Waals surface area (Å²) in [5, 5.41) is 0. The lowest BCUT2D eigenvalue weighted by atomic mass is 9.90. The highest BCUT2D eigenvalue weighted by Crippen LogP contribution is 2.22. The fourth-order valence-electron chi connectivity index (χ4n) is 4.17. The number of thioether (sulfide) groups is 1. The van der Waals surface area contributed by atoms with Crippen molar-refractivity contribution in [2.24, 2.45) is 5.92 Å². The van der Waals surface area contributed by atoms with Gasteiger partial charge < -0.3 is 14.1 Å². The average molecular weight is 443 g/mol. The molecule has 0 unspecified atom stereocenters. The number of piperidine rings is 1. The topological polar surface area (TPSA) is 63.0 Å². The predicted octanol–water partition coefficient (Wildman–Crippen LogP) is 3.05. The van der Waals surface area contributed by atoms with Crippen LogP contribution in [0.1, 0.15) is 24.2 Å². The molecule has 2 fully saturated rings. The van der Waals surface area contributed by atoms with Crippen molar-refractivity contribution in [3.8, 4) is 5.75 Å². The second-order valence-corrected chi connectivity index (χ2v) is 9.49. The van der Waals surface area contributed by atoms with Crippen LogP contribution < -0.4 is 10.2 Å². The smallest absolute Gasteiger partial charge is 0.260 e. The van der Waals surface area contributed by atoms with Crippen molar-refractivity contribution in [3.63, 3.8) is 0 Å². The second kappa shape index (κ2) is 10.9. The summed E-state index contributed by atoms with van der Waals surface area (Å²) in [5.74, 6) is 3.48. The van der Waals surface area contributed by atoms with Crippen LogP contribution in [-0.2, 0) is 17.8 Å². The number of benzene rings is 1. The first-order chi connectivity index (χ1) is 15.2. The van der Waals surface area contributed by atoms with E-state index in [1.807, 2.05) is 22.7 Å². The summed E-state index contributed by atoms with van der Waals surface area (Å²) in [6, 6.07) is 12.0. The van der Waals surface area contributed by atoms with Gasteiger partial charge in [0, 0.05) is 43.8 Å². The molecule has 166 valence electrons. The van der Waals surface area contributed by atoms with Crippen molar-refractivity contribution in [3.05, 3.63) is 64.2 Å². The fraction of sp³-hybridized carbons (Fsp3) is 0.500. The Bertz CT molecular complexity index is 903. The van der Waals surface area contributed by atoms with Gasteiger partial charge in [-0.3, -0.25) is 14.5 Å². The van der Waals surface area contributed by atoms with Crippen LogP contribution >= 0.6 is 11.8 Å². The van der Waals surface area contributed by atoms with Gasteiger partial charge in [0.1, 0.15) is 12.0 Å². The Labute approximate surface area is 187 Å². The van der Waals surface area contributed by atoms with Crippen LogP contribution in [0.4, 0.5) is 0 Å². The lowest BCUT2D eigenvalue weighted by Crippen LogP contribution is -2.41. The van der Waals surface area contributed by atoms with Crippen LogP contribution in [0.3, 0.4) is 0 Å². The number of nitrogens with zero attached hydrogens (tertiary/aromatic N) is 2. The molecule has 2 aliphatic heterocycles. The Kier molecular flexibility index (Phi) is 7.70. The average Bonchev–Trinajstić information content (AvgIpc) is 2.80. The van der Waals surface area contributed by atoms with Gasteiger partial charge in [-0.2, -0.15) is 11.8 Å². The van der Waals surface area contributed by atoms with Crippen LogP contribution in [0.5, 0.6) is 5.75 Å². The molecule has 0 saturated carbocycles. The van der Waals surface area contributed by atoms with E-state index in [1.54, 1.807) is 0 Å². The third-order valence-electron chi connectivity index (χ3n) is 6.02. The van der Waals surface area contributed by atoms with E-state index >= 15 is 0 Å². The highest BCUT2D eigenvalue weighted by Gasteiger charge is 2.23. The van der Waals surface area contributed by atoms with Gasteiger partial charge in [0.2, 0.25) is 11.2 Å². The maximum absolute atomic E-state index is 12.5. The SMILES string of the molecule is O=C(COc1coc(CN2CCSCC2)cc1=O)N1CCC(Cc2ccccc2)CC1. The summed E-state index contributed by atoms with van der Waals surface area (Å²) in [7, 11) is 0. The van der Waals surface area contributed by atoms with Gasteiger partial charge in [0.05, 0.1) is 6.54 Å². The zero-order chi connectivity index (χ0) is 21.5. The largest absolute Gasteiger partial charge is 0.477 e. The molecule has 2 saturated heterocycles. The molecule has 1 amide bonds. The highest BCUT2D eigenvalue weighted by molar-refractivity contribution is 7.99. The molecule has 6 nitrogen and oxygen atoms in total. The van der Waals surface area contributed by atoms with Crippen LogP contribution in [0.25, 0.3) is 0 Å². The molecule has 0 bridgehead atoms. The standard InChI is InChI=1S/C24H30N2O4S/c27-22-15-21(16-25-10-12-31-13-11-25)29-17-23(22)30-18-24(28)26-8-6-20(7-9-26)14-19-4-2-1-3-5-19/h1-5,15,17,20H,6-14,16,18H2. The van der Waals surface area contributed by atoms with Gasteiger partial charge >= 0.3 is 0 Å². The Morgan fingerprint density at radius 1 is 1.10 bits per heavy atom. The first-order valence-electron chi connectivity index (χ1n) is 11.0. The summed E-state index contributed by atoms with van der Waals surface area (Å²) in [6.07, 6.45) is 4.39. The van der Waals surface area contributed by atoms with Crippen molar-refractivity contribution in [2.45, 2.75) is 25.8 Å². The van der Waals surface area contributed by atoms with Crippen molar-refractivity contribution in [2.75, 3.05) is 44.3 Å². The molecule has 1 aromatic heterocycles. The summed E-state index contributed by atoms with van der Waals surface area (Å²) in [5.41, 5.74) is 1.12. The number of carbonyl (C=O) groups excluding carboxylic acids is 1. The second-order valence-electron chi connectivity index (χ2n) is 8.27. The van der Waals surface area contributed by atoms with Crippen molar-refractivity contribution in [1.82, 2.24) is 9.80 Å². The molecular weight excluding hydrogens is 412 g/mol. The number of carbonyl (C=O) groups is 1. The summed E-state index contributed by atoms with van der Waals surface area (Å²) >= 11 is 1.95. The molecule has 1 aromatic carbocycles. The van der Waals surface area contributed by atoms with Gasteiger partial charge in [0.25, 0.3) is 5.91 Å². The predicted molar refractivity (Wildman–Crippen MR) is 123 cm³/mol. The molecule has 4 rings (SSSR count). The Morgan fingerprint density at radius 2 is 1.84 bits per heavy atom. The van der Waals surface area contributed by atoms with Gasteiger partial charge in [-0.25, -0.2) is 0 Å². The van der Waals surface area contributed by atoms with Crippen LogP contribution in [-0.4, -0.2) is 60.0 Å². The Hall–Kier alpha value is -2.25. The molecule has 2 aliphatic rings. The minimum Gasteiger partial charge on any atom is -0.477 e. The maximum atomic E-state index is 12.5. The van der Waals surface area contributed by atoms with E-state index in [-0.39, 0.29) is 23.7 Å². The Morgan fingerprint density at radius 3 is 2.55 bits per heavy atom. The molecule has 3 heterocycles. The minimum atomic E-state index is -0.234. The lowest BCUT2D eigenvalue weighted by molar-refractivity contribution is -0.134. The normalized spacial score (nSPS) is 18.1. The number of hydrogen-bond donors (Lipinski definition) is 0.